The van der Waals surface area contributed by atoms with Gasteiger partial charge in [0.05, 0.1) is 0 Å². The maximum atomic E-state index is 2.28. The van der Waals surface area contributed by atoms with Gasteiger partial charge in [-0.2, -0.15) is 0 Å². The highest BCUT2D eigenvalue weighted by atomic mass is 15.1. The molecule has 0 saturated heterocycles. The van der Waals surface area contributed by atoms with E-state index in [1.807, 2.05) is 26.0 Å². The van der Waals surface area contributed by atoms with Crippen LogP contribution in [0.15, 0.2) is 72.8 Å². The Kier molecular flexibility index (Phi) is 9.40. The zero-order chi connectivity index (χ0) is 16.0. The second-order valence-electron chi connectivity index (χ2n) is 4.85. The Morgan fingerprint density at radius 3 is 1.41 bits per heavy atom. The van der Waals surface area contributed by atoms with E-state index in [1.165, 1.54) is 11.1 Å². The first-order valence-corrected chi connectivity index (χ1v) is 7.96. The third-order valence-electron chi connectivity index (χ3n) is 3.05. The number of rotatable bonds is 6. The molecule has 0 aliphatic heterocycles. The van der Waals surface area contributed by atoms with Gasteiger partial charge in [0, 0.05) is 13.1 Å². The Labute approximate surface area is 135 Å². The molecule has 0 fully saturated rings. The third kappa shape index (κ3) is 7.61. The van der Waals surface area contributed by atoms with E-state index in [4.69, 9.17) is 0 Å². The lowest BCUT2D eigenvalue weighted by Gasteiger charge is -2.10. The van der Waals surface area contributed by atoms with Gasteiger partial charge in [0.1, 0.15) is 0 Å². The first-order valence-electron chi connectivity index (χ1n) is 7.96. The standard InChI is InChI=1S/C19H21N.C2H6/c1-20(16-8-14-18-10-4-2-5-11-18)17-9-15-19-12-6-3-7-13-19;1-2/h2-15H,16-17H2,1H3;1-2H3/b14-8+,15-9+;. The predicted molar refractivity (Wildman–Crippen MR) is 99.8 cm³/mol. The summed E-state index contributed by atoms with van der Waals surface area (Å²) in [7, 11) is 2.13. The van der Waals surface area contributed by atoms with E-state index in [1.54, 1.807) is 0 Å². The number of hydrogen-bond acceptors (Lipinski definition) is 1. The lowest BCUT2D eigenvalue weighted by Crippen LogP contribution is -2.17. The highest BCUT2D eigenvalue weighted by Crippen LogP contribution is 2.02. The molecule has 2 rings (SSSR count). The Morgan fingerprint density at radius 1 is 0.682 bits per heavy atom. The minimum Gasteiger partial charge on any atom is -0.299 e. The molecule has 0 unspecified atom stereocenters. The Hall–Kier alpha value is -2.12. The van der Waals surface area contributed by atoms with Crippen LogP contribution < -0.4 is 0 Å². The smallest absolute Gasteiger partial charge is 0.0166 e. The van der Waals surface area contributed by atoms with Crippen LogP contribution in [0.4, 0.5) is 0 Å². The molecule has 0 aliphatic carbocycles. The van der Waals surface area contributed by atoms with E-state index in [0.29, 0.717) is 0 Å². The molecule has 0 radical (unpaired) electrons. The minimum absolute atomic E-state index is 0.952. The molecular formula is C21H27N. The van der Waals surface area contributed by atoms with Crippen LogP contribution in [0.2, 0.25) is 0 Å². The molecule has 0 amide bonds. The van der Waals surface area contributed by atoms with Crippen LogP contribution in [0.1, 0.15) is 25.0 Å². The maximum Gasteiger partial charge on any atom is 0.0166 e. The average molecular weight is 293 g/mol. The molecule has 1 heteroatoms. The largest absolute Gasteiger partial charge is 0.299 e. The van der Waals surface area contributed by atoms with Gasteiger partial charge < -0.3 is 0 Å². The van der Waals surface area contributed by atoms with Gasteiger partial charge in [-0.15, -0.1) is 0 Å². The van der Waals surface area contributed by atoms with Crippen molar-refractivity contribution >= 4 is 12.2 Å². The van der Waals surface area contributed by atoms with Gasteiger partial charge in [-0.1, -0.05) is 98.8 Å². The number of benzene rings is 2. The molecule has 0 atom stereocenters. The van der Waals surface area contributed by atoms with Crippen molar-refractivity contribution in [2.75, 3.05) is 20.1 Å². The lowest BCUT2D eigenvalue weighted by atomic mass is 10.2. The van der Waals surface area contributed by atoms with Crippen LogP contribution >= 0.6 is 0 Å². The number of likely N-dealkylation sites (N-methyl/N-ethyl adjacent to an activating group) is 1. The highest BCUT2D eigenvalue weighted by Gasteiger charge is 1.91. The molecule has 116 valence electrons. The van der Waals surface area contributed by atoms with Gasteiger partial charge in [-0.3, -0.25) is 4.90 Å². The van der Waals surface area contributed by atoms with E-state index in [0.717, 1.165) is 13.1 Å². The van der Waals surface area contributed by atoms with E-state index < -0.39 is 0 Å². The summed E-state index contributed by atoms with van der Waals surface area (Å²) in [5.74, 6) is 0. The van der Waals surface area contributed by atoms with E-state index >= 15 is 0 Å². The molecule has 0 heterocycles. The third-order valence-corrected chi connectivity index (χ3v) is 3.05. The molecule has 0 N–H and O–H groups in total. The van der Waals surface area contributed by atoms with E-state index in [-0.39, 0.29) is 0 Å². The fraction of sp³-hybridized carbons (Fsp3) is 0.238. The molecule has 0 aliphatic rings. The topological polar surface area (TPSA) is 3.24 Å². The monoisotopic (exact) mass is 293 g/mol. The summed E-state index contributed by atoms with van der Waals surface area (Å²) in [5, 5.41) is 0. The molecular weight excluding hydrogens is 266 g/mol. The summed E-state index contributed by atoms with van der Waals surface area (Å²) in [4.78, 5) is 2.28. The first kappa shape index (κ1) is 17.9. The van der Waals surface area contributed by atoms with E-state index in [9.17, 15) is 0 Å². The highest BCUT2D eigenvalue weighted by molar-refractivity contribution is 5.49. The van der Waals surface area contributed by atoms with Gasteiger partial charge in [-0.25, -0.2) is 0 Å². The van der Waals surface area contributed by atoms with Crippen molar-refractivity contribution in [3.05, 3.63) is 83.9 Å². The van der Waals surface area contributed by atoms with Crippen LogP contribution in [-0.2, 0) is 0 Å². The second kappa shape index (κ2) is 11.5. The molecule has 1 nitrogen and oxygen atoms in total. The molecule has 0 aromatic heterocycles. The maximum absolute atomic E-state index is 2.28. The Morgan fingerprint density at radius 2 is 1.05 bits per heavy atom. The van der Waals surface area contributed by atoms with Crippen LogP contribution in [0.5, 0.6) is 0 Å². The zero-order valence-electron chi connectivity index (χ0n) is 13.9. The Balaban J connectivity index is 0.00000116. The van der Waals surface area contributed by atoms with E-state index in [2.05, 4.69) is 84.8 Å². The lowest BCUT2D eigenvalue weighted by molar-refractivity contribution is 0.414. The number of nitrogens with zero attached hydrogens (tertiary/aromatic N) is 1. The van der Waals surface area contributed by atoms with Gasteiger partial charge in [0.15, 0.2) is 0 Å². The molecule has 2 aromatic carbocycles. The molecule has 0 bridgehead atoms. The zero-order valence-corrected chi connectivity index (χ0v) is 13.9. The average Bonchev–Trinajstić information content (AvgIpc) is 2.59. The molecule has 0 saturated carbocycles. The summed E-state index contributed by atoms with van der Waals surface area (Å²) >= 11 is 0. The van der Waals surface area contributed by atoms with Crippen molar-refractivity contribution in [2.24, 2.45) is 0 Å². The molecule has 2 aromatic rings. The van der Waals surface area contributed by atoms with Crippen molar-refractivity contribution in [1.82, 2.24) is 4.90 Å². The van der Waals surface area contributed by atoms with Gasteiger partial charge in [0.25, 0.3) is 0 Å². The second-order valence-corrected chi connectivity index (χ2v) is 4.85. The van der Waals surface area contributed by atoms with Crippen molar-refractivity contribution in [3.8, 4) is 0 Å². The quantitative estimate of drug-likeness (QED) is 0.692. The molecule has 0 spiro atoms. The molecule has 22 heavy (non-hydrogen) atoms. The van der Waals surface area contributed by atoms with Crippen LogP contribution in [-0.4, -0.2) is 25.0 Å². The van der Waals surface area contributed by atoms with Gasteiger partial charge in [0.2, 0.25) is 0 Å². The fourth-order valence-electron chi connectivity index (χ4n) is 1.94. The summed E-state index contributed by atoms with van der Waals surface area (Å²) < 4.78 is 0. The minimum atomic E-state index is 0.952. The summed E-state index contributed by atoms with van der Waals surface area (Å²) in [5.41, 5.74) is 2.50. The SMILES string of the molecule is CC.CN(C/C=C/c1ccccc1)C/C=C/c1ccccc1. The van der Waals surface area contributed by atoms with Crippen LogP contribution in [0.25, 0.3) is 12.2 Å². The van der Waals surface area contributed by atoms with Crippen molar-refractivity contribution in [1.29, 1.82) is 0 Å². The normalized spacial score (nSPS) is 10.9. The van der Waals surface area contributed by atoms with Gasteiger partial charge >= 0.3 is 0 Å². The van der Waals surface area contributed by atoms with Gasteiger partial charge in [-0.05, 0) is 18.2 Å². The van der Waals surface area contributed by atoms with Crippen LogP contribution in [0, 0.1) is 0 Å². The first-order chi connectivity index (χ1) is 10.8. The summed E-state index contributed by atoms with van der Waals surface area (Å²) in [6, 6.07) is 20.8. The summed E-state index contributed by atoms with van der Waals surface area (Å²) in [6.07, 6.45) is 8.73. The summed E-state index contributed by atoms with van der Waals surface area (Å²) in [6.45, 7) is 5.90. The van der Waals surface area contributed by atoms with Crippen LogP contribution in [0.3, 0.4) is 0 Å². The Bertz CT molecular complexity index is 489. The van der Waals surface area contributed by atoms with Crippen molar-refractivity contribution in [3.63, 3.8) is 0 Å². The van der Waals surface area contributed by atoms with Crippen molar-refractivity contribution in [2.45, 2.75) is 13.8 Å². The number of hydrogen-bond donors (Lipinski definition) is 0. The van der Waals surface area contributed by atoms with Crippen molar-refractivity contribution < 1.29 is 0 Å². The predicted octanol–water partition coefficient (Wildman–Crippen LogP) is 5.37. The fourth-order valence-corrected chi connectivity index (χ4v) is 1.94.